The molecular weight excluding hydrogens is 468 g/mol. The predicted molar refractivity (Wildman–Crippen MR) is 128 cm³/mol. The Labute approximate surface area is 196 Å². The Morgan fingerprint density at radius 3 is 2.62 bits per heavy atom. The highest BCUT2D eigenvalue weighted by Crippen LogP contribution is 2.29. The molecule has 0 unspecified atom stereocenters. The molecule has 3 rings (SSSR count). The van der Waals surface area contributed by atoms with Gasteiger partial charge in [0, 0.05) is 45.6 Å². The summed E-state index contributed by atoms with van der Waals surface area (Å²) in [6.07, 6.45) is -3.51. The third-order valence-electron chi connectivity index (χ3n) is 5.55. The van der Waals surface area contributed by atoms with Gasteiger partial charge in [0.2, 0.25) is 0 Å². The molecule has 0 atom stereocenters. The Hall–Kier alpha value is -2.66. The Kier molecular flexibility index (Phi) is 7.86. The zero-order chi connectivity index (χ0) is 25.1. The fraction of sp³-hybridized carbons (Fsp3) is 0.478. The molecule has 0 aliphatic carbocycles. The molecule has 0 aliphatic rings. The highest BCUT2D eigenvalue weighted by atomic mass is 28.3. The number of aryl methyl sites for hydroxylation is 1. The minimum Gasteiger partial charge on any atom is -0.384 e. The van der Waals surface area contributed by atoms with E-state index in [0.29, 0.717) is 23.5 Å². The number of fused-ring (bicyclic) bond motifs is 1. The van der Waals surface area contributed by atoms with Gasteiger partial charge >= 0.3 is 6.18 Å². The summed E-state index contributed by atoms with van der Waals surface area (Å²) in [5.41, 5.74) is 1.32. The molecule has 0 amide bonds. The second kappa shape index (κ2) is 10.3. The van der Waals surface area contributed by atoms with Crippen LogP contribution in [0, 0.1) is 5.82 Å². The highest BCUT2D eigenvalue weighted by molar-refractivity contribution is 6.76. The van der Waals surface area contributed by atoms with Gasteiger partial charge in [0.05, 0.1) is 23.8 Å². The number of aromatic nitrogens is 3. The van der Waals surface area contributed by atoms with E-state index in [0.717, 1.165) is 12.2 Å². The molecule has 6 nitrogen and oxygen atoms in total. The average molecular weight is 499 g/mol. The lowest BCUT2D eigenvalue weighted by Crippen LogP contribution is -2.24. The van der Waals surface area contributed by atoms with Crippen molar-refractivity contribution in [3.8, 4) is 0 Å². The minimum atomic E-state index is -4.42. The molecule has 1 N–H and O–H groups in total. The van der Waals surface area contributed by atoms with Gasteiger partial charge in [0.25, 0.3) is 5.56 Å². The predicted octanol–water partition coefficient (Wildman–Crippen LogP) is 5.23. The lowest BCUT2D eigenvalue weighted by molar-refractivity contribution is -0.134. The molecule has 0 aromatic carbocycles. The molecule has 0 saturated heterocycles. The number of anilines is 1. The summed E-state index contributed by atoms with van der Waals surface area (Å²) in [4.78, 5) is 16.8. The van der Waals surface area contributed by atoms with Gasteiger partial charge in [-0.15, -0.1) is 0 Å². The van der Waals surface area contributed by atoms with Crippen molar-refractivity contribution in [2.45, 2.75) is 58.0 Å². The first-order valence-electron chi connectivity index (χ1n) is 11.1. The third-order valence-corrected chi connectivity index (χ3v) is 7.25. The van der Waals surface area contributed by atoms with E-state index in [1.54, 1.807) is 36.0 Å². The van der Waals surface area contributed by atoms with Crippen LogP contribution in [-0.2, 0) is 24.4 Å². The van der Waals surface area contributed by atoms with Gasteiger partial charge < -0.3 is 19.2 Å². The number of nitrogens with zero attached hydrogens (tertiary/aromatic N) is 3. The summed E-state index contributed by atoms with van der Waals surface area (Å²) < 4.78 is 62.5. The third kappa shape index (κ3) is 6.47. The van der Waals surface area contributed by atoms with E-state index in [9.17, 15) is 22.4 Å². The molecule has 0 fully saturated rings. The van der Waals surface area contributed by atoms with Gasteiger partial charge in [-0.05, 0) is 30.7 Å². The lowest BCUT2D eigenvalue weighted by Gasteiger charge is -2.18. The first-order valence-corrected chi connectivity index (χ1v) is 14.8. The summed E-state index contributed by atoms with van der Waals surface area (Å²) in [6.45, 7) is 7.26. The van der Waals surface area contributed by atoms with Crippen molar-refractivity contribution in [2.75, 3.05) is 19.0 Å². The largest absolute Gasteiger partial charge is 0.389 e. The zero-order valence-electron chi connectivity index (χ0n) is 19.8. The van der Waals surface area contributed by atoms with Crippen molar-refractivity contribution >= 4 is 24.8 Å². The molecule has 0 bridgehead atoms. The number of halogens is 4. The fourth-order valence-electron chi connectivity index (χ4n) is 3.66. The maximum absolute atomic E-state index is 14.7. The van der Waals surface area contributed by atoms with Crippen molar-refractivity contribution in [2.24, 2.45) is 0 Å². The van der Waals surface area contributed by atoms with Crippen LogP contribution in [0.1, 0.15) is 17.7 Å². The molecule has 0 saturated carbocycles. The van der Waals surface area contributed by atoms with Crippen molar-refractivity contribution < 1.29 is 22.3 Å². The van der Waals surface area contributed by atoms with Crippen LogP contribution < -0.4 is 10.9 Å². The summed E-state index contributed by atoms with van der Waals surface area (Å²) >= 11 is 0. The molecule has 3 aromatic heterocycles. The Morgan fingerprint density at radius 1 is 1.24 bits per heavy atom. The molecular formula is C23H30F4N4O2Si. The summed E-state index contributed by atoms with van der Waals surface area (Å²) in [5, 5.41) is 2.84. The van der Waals surface area contributed by atoms with Crippen LogP contribution in [0.15, 0.2) is 35.4 Å². The van der Waals surface area contributed by atoms with Crippen molar-refractivity contribution in [1.82, 2.24) is 14.1 Å². The molecule has 186 valence electrons. The van der Waals surface area contributed by atoms with Crippen molar-refractivity contribution in [3.63, 3.8) is 0 Å². The van der Waals surface area contributed by atoms with Crippen LogP contribution in [0.25, 0.3) is 11.0 Å². The summed E-state index contributed by atoms with van der Waals surface area (Å²) in [7, 11) is 0.280. The fourth-order valence-corrected chi connectivity index (χ4v) is 4.42. The van der Waals surface area contributed by atoms with E-state index in [2.05, 4.69) is 29.9 Å². The smallest absolute Gasteiger partial charge is 0.384 e. The van der Waals surface area contributed by atoms with E-state index in [1.165, 1.54) is 4.57 Å². The second-order valence-electron chi connectivity index (χ2n) is 9.45. The normalized spacial score (nSPS) is 12.5. The van der Waals surface area contributed by atoms with Crippen molar-refractivity contribution in [1.29, 1.82) is 0 Å². The number of alkyl halides is 3. The Bertz CT molecular complexity index is 1200. The number of pyridine rings is 2. The van der Waals surface area contributed by atoms with Crippen LogP contribution in [0.4, 0.5) is 23.2 Å². The molecule has 34 heavy (non-hydrogen) atoms. The number of nitrogens with one attached hydrogen (secondary N) is 1. The quantitative estimate of drug-likeness (QED) is 0.236. The molecule has 0 radical (unpaired) electrons. The van der Waals surface area contributed by atoms with E-state index in [4.69, 9.17) is 4.74 Å². The van der Waals surface area contributed by atoms with Crippen LogP contribution in [0.3, 0.4) is 0 Å². The number of rotatable bonds is 10. The SMILES string of the molecule is CNc1cccn(Cc2cc3ncc(F)c(CCC(F)(F)F)c3n2COCC[Si](C)(C)C)c1=O. The maximum Gasteiger partial charge on any atom is 0.389 e. The average Bonchev–Trinajstić information content (AvgIpc) is 3.08. The Balaban J connectivity index is 2.05. The molecule has 11 heteroatoms. The van der Waals surface area contributed by atoms with E-state index >= 15 is 0 Å². The van der Waals surface area contributed by atoms with Crippen LogP contribution in [0.5, 0.6) is 0 Å². The first-order chi connectivity index (χ1) is 15.9. The standard InChI is InChI=1S/C23H30F4N4O2Si/c1-28-19-6-5-9-30(22(19)32)14-16-12-20-21(31(16)15-33-10-11-34(2,3)4)17(18(24)13-29-20)7-8-23(25,26)27/h5-6,9,12-13,28H,7-8,10-11,14-15H2,1-4H3. The van der Waals surface area contributed by atoms with Crippen LogP contribution in [-0.4, -0.2) is 42.0 Å². The van der Waals surface area contributed by atoms with Crippen LogP contribution >= 0.6 is 0 Å². The van der Waals surface area contributed by atoms with Gasteiger partial charge in [-0.3, -0.25) is 9.78 Å². The Morgan fingerprint density at radius 2 is 1.97 bits per heavy atom. The van der Waals surface area contributed by atoms with Crippen LogP contribution in [0.2, 0.25) is 25.7 Å². The molecule has 0 spiro atoms. The van der Waals surface area contributed by atoms with Gasteiger partial charge in [0.1, 0.15) is 18.2 Å². The van der Waals surface area contributed by atoms with E-state index in [1.807, 2.05) is 0 Å². The zero-order valence-corrected chi connectivity index (χ0v) is 20.8. The van der Waals surface area contributed by atoms with Gasteiger partial charge in [-0.1, -0.05) is 19.6 Å². The van der Waals surface area contributed by atoms with Gasteiger partial charge in [-0.25, -0.2) is 4.39 Å². The van der Waals surface area contributed by atoms with Crippen molar-refractivity contribution in [3.05, 3.63) is 58.0 Å². The summed E-state index contributed by atoms with van der Waals surface area (Å²) in [5.74, 6) is -0.793. The maximum atomic E-state index is 14.7. The number of hydrogen-bond acceptors (Lipinski definition) is 4. The molecule has 0 aliphatic heterocycles. The van der Waals surface area contributed by atoms with E-state index < -0.39 is 32.9 Å². The summed E-state index contributed by atoms with van der Waals surface area (Å²) in [6, 6.07) is 5.95. The first kappa shape index (κ1) is 26.0. The minimum absolute atomic E-state index is 0.0218. The second-order valence-corrected chi connectivity index (χ2v) is 15.1. The highest BCUT2D eigenvalue weighted by Gasteiger charge is 2.28. The van der Waals surface area contributed by atoms with E-state index in [-0.39, 0.29) is 29.9 Å². The molecule has 3 aromatic rings. The monoisotopic (exact) mass is 498 g/mol. The van der Waals surface area contributed by atoms with Gasteiger partial charge in [-0.2, -0.15) is 13.2 Å². The molecule has 3 heterocycles. The van der Waals surface area contributed by atoms with Gasteiger partial charge in [0.15, 0.2) is 0 Å². The number of hydrogen-bond donors (Lipinski definition) is 1. The topological polar surface area (TPSA) is 61.1 Å². The lowest BCUT2D eigenvalue weighted by atomic mass is 10.1. The number of ether oxygens (including phenoxy) is 1.